The molecule has 0 rings (SSSR count). The van der Waals surface area contributed by atoms with E-state index < -0.39 is 0 Å². The Balaban J connectivity index is 4.11. The van der Waals surface area contributed by atoms with Crippen molar-refractivity contribution in [2.75, 3.05) is 0 Å². The van der Waals surface area contributed by atoms with Crippen molar-refractivity contribution in [3.63, 3.8) is 0 Å². The van der Waals surface area contributed by atoms with Gasteiger partial charge in [-0.25, -0.2) is 0 Å². The van der Waals surface area contributed by atoms with Crippen molar-refractivity contribution in [1.82, 2.24) is 0 Å². The van der Waals surface area contributed by atoms with Gasteiger partial charge in [0.2, 0.25) is 0 Å². The van der Waals surface area contributed by atoms with Crippen molar-refractivity contribution in [2.45, 2.75) is 26.9 Å². The minimum Gasteiger partial charge on any atom is -0.491 e. The molecule has 0 aromatic heterocycles. The van der Waals surface area contributed by atoms with Gasteiger partial charge in [0, 0.05) is 0 Å². The van der Waals surface area contributed by atoms with Crippen molar-refractivity contribution in [3.8, 4) is 0 Å². The van der Waals surface area contributed by atoms with Crippen molar-refractivity contribution in [3.05, 3.63) is 36.6 Å². The Morgan fingerprint density at radius 3 is 2.45 bits per heavy atom. The molecular weight excluding hydrogens is 136 g/mol. The summed E-state index contributed by atoms with van der Waals surface area (Å²) in [6, 6.07) is 0. The average molecular weight is 152 g/mol. The minimum absolute atomic E-state index is 0.220. The van der Waals surface area contributed by atoms with E-state index in [9.17, 15) is 0 Å². The van der Waals surface area contributed by atoms with Gasteiger partial charge in [-0.3, -0.25) is 0 Å². The monoisotopic (exact) mass is 152 g/mol. The highest BCUT2D eigenvalue weighted by atomic mass is 16.5. The lowest BCUT2D eigenvalue weighted by Gasteiger charge is -2.09. The number of rotatable bonds is 4. The highest BCUT2D eigenvalue weighted by molar-refractivity contribution is 5.16. The van der Waals surface area contributed by atoms with Crippen LogP contribution in [0.4, 0.5) is 0 Å². The molecule has 0 saturated heterocycles. The molecule has 62 valence electrons. The van der Waals surface area contributed by atoms with Crippen molar-refractivity contribution >= 4 is 0 Å². The number of hydrogen-bond donors (Lipinski definition) is 0. The van der Waals surface area contributed by atoms with Crippen LogP contribution in [0.15, 0.2) is 36.6 Å². The van der Waals surface area contributed by atoms with Gasteiger partial charge in [0.15, 0.2) is 0 Å². The van der Waals surface area contributed by atoms with Crippen LogP contribution in [0.25, 0.3) is 0 Å². The summed E-state index contributed by atoms with van der Waals surface area (Å²) < 4.78 is 5.43. The quantitative estimate of drug-likeness (QED) is 0.444. The standard InChI is InChI=1S/C10H16O/c1-5-7-10(8-6-2)11-9(3)4/h5-9H,1H2,2-4H3/b8-6-,10-7+. The van der Waals surface area contributed by atoms with Gasteiger partial charge in [-0.15, -0.1) is 0 Å². The highest BCUT2D eigenvalue weighted by Crippen LogP contribution is 2.03. The van der Waals surface area contributed by atoms with E-state index in [-0.39, 0.29) is 6.10 Å². The van der Waals surface area contributed by atoms with Gasteiger partial charge in [-0.05, 0) is 32.9 Å². The first-order valence-corrected chi connectivity index (χ1v) is 3.82. The van der Waals surface area contributed by atoms with Crippen molar-refractivity contribution in [2.24, 2.45) is 0 Å². The van der Waals surface area contributed by atoms with Crippen LogP contribution < -0.4 is 0 Å². The Bertz CT molecular complexity index is 164. The van der Waals surface area contributed by atoms with Crippen LogP contribution in [-0.2, 0) is 4.74 Å². The Morgan fingerprint density at radius 2 is 2.09 bits per heavy atom. The van der Waals surface area contributed by atoms with Gasteiger partial charge in [-0.2, -0.15) is 0 Å². The van der Waals surface area contributed by atoms with Crippen molar-refractivity contribution in [1.29, 1.82) is 0 Å². The fourth-order valence-corrected chi connectivity index (χ4v) is 0.687. The van der Waals surface area contributed by atoms with Crippen LogP contribution in [0.1, 0.15) is 20.8 Å². The zero-order valence-corrected chi connectivity index (χ0v) is 7.50. The normalized spacial score (nSPS) is 12.5. The summed E-state index contributed by atoms with van der Waals surface area (Å²) in [6.45, 7) is 9.56. The molecule has 0 N–H and O–H groups in total. The highest BCUT2D eigenvalue weighted by Gasteiger charge is 1.94. The van der Waals surface area contributed by atoms with Crippen LogP contribution >= 0.6 is 0 Å². The molecule has 0 aromatic rings. The Kier molecular flexibility index (Phi) is 5.26. The van der Waals surface area contributed by atoms with Crippen molar-refractivity contribution < 1.29 is 4.74 Å². The lowest BCUT2D eigenvalue weighted by atomic mass is 10.3. The molecule has 0 aliphatic heterocycles. The van der Waals surface area contributed by atoms with E-state index in [4.69, 9.17) is 4.74 Å². The summed E-state index contributed by atoms with van der Waals surface area (Å²) in [5.74, 6) is 0.859. The van der Waals surface area contributed by atoms with Crippen LogP contribution in [0.2, 0.25) is 0 Å². The van der Waals surface area contributed by atoms with Crippen LogP contribution in [-0.4, -0.2) is 6.10 Å². The molecule has 0 radical (unpaired) electrons. The fraction of sp³-hybridized carbons (Fsp3) is 0.400. The Morgan fingerprint density at radius 1 is 1.45 bits per heavy atom. The summed E-state index contributed by atoms with van der Waals surface area (Å²) in [5, 5.41) is 0. The zero-order chi connectivity index (χ0) is 8.69. The van der Waals surface area contributed by atoms with E-state index in [2.05, 4.69) is 6.58 Å². The largest absolute Gasteiger partial charge is 0.491 e. The molecule has 0 aliphatic rings. The predicted molar refractivity (Wildman–Crippen MR) is 49.3 cm³/mol. The van der Waals surface area contributed by atoms with Gasteiger partial charge in [0.25, 0.3) is 0 Å². The maximum Gasteiger partial charge on any atom is 0.119 e. The van der Waals surface area contributed by atoms with Gasteiger partial charge < -0.3 is 4.74 Å². The number of allylic oxidation sites excluding steroid dienone is 4. The molecule has 0 atom stereocenters. The molecule has 0 fully saturated rings. The molecule has 0 amide bonds. The van der Waals surface area contributed by atoms with Gasteiger partial charge in [0.1, 0.15) is 5.76 Å². The lowest BCUT2D eigenvalue weighted by Crippen LogP contribution is -2.00. The molecule has 0 heterocycles. The lowest BCUT2D eigenvalue weighted by molar-refractivity contribution is 0.158. The topological polar surface area (TPSA) is 9.23 Å². The van der Waals surface area contributed by atoms with E-state index in [0.717, 1.165) is 5.76 Å². The summed E-state index contributed by atoms with van der Waals surface area (Å²) in [6.07, 6.45) is 7.65. The summed E-state index contributed by atoms with van der Waals surface area (Å²) in [5.41, 5.74) is 0. The molecule has 0 aromatic carbocycles. The molecule has 0 saturated carbocycles. The minimum atomic E-state index is 0.220. The third-order valence-corrected chi connectivity index (χ3v) is 0.985. The fourth-order valence-electron chi connectivity index (χ4n) is 0.687. The Hall–Kier alpha value is -0.980. The smallest absolute Gasteiger partial charge is 0.119 e. The summed E-state index contributed by atoms with van der Waals surface area (Å²) in [7, 11) is 0. The third kappa shape index (κ3) is 5.46. The van der Waals surface area contributed by atoms with E-state index >= 15 is 0 Å². The second-order valence-corrected chi connectivity index (χ2v) is 2.47. The van der Waals surface area contributed by atoms with E-state index in [1.165, 1.54) is 0 Å². The maximum absolute atomic E-state index is 5.43. The summed E-state index contributed by atoms with van der Waals surface area (Å²) in [4.78, 5) is 0. The first-order chi connectivity index (χ1) is 5.20. The molecule has 0 aliphatic carbocycles. The summed E-state index contributed by atoms with van der Waals surface area (Å²) >= 11 is 0. The molecule has 0 unspecified atom stereocenters. The van der Waals surface area contributed by atoms with Gasteiger partial charge in [-0.1, -0.05) is 18.7 Å². The van der Waals surface area contributed by atoms with Crippen LogP contribution in [0.3, 0.4) is 0 Å². The van der Waals surface area contributed by atoms with Gasteiger partial charge >= 0.3 is 0 Å². The second-order valence-electron chi connectivity index (χ2n) is 2.47. The molecule has 0 spiro atoms. The van der Waals surface area contributed by atoms with Gasteiger partial charge in [0.05, 0.1) is 6.10 Å². The molecule has 1 nitrogen and oxygen atoms in total. The first kappa shape index (κ1) is 10.0. The Labute approximate surface area is 69.1 Å². The maximum atomic E-state index is 5.43. The molecular formula is C10H16O. The van der Waals surface area contributed by atoms with E-state index in [0.29, 0.717) is 0 Å². The molecule has 0 bridgehead atoms. The molecule has 11 heavy (non-hydrogen) atoms. The van der Waals surface area contributed by atoms with Crippen LogP contribution in [0, 0.1) is 0 Å². The number of ether oxygens (including phenoxy) is 1. The molecule has 1 heteroatoms. The predicted octanol–water partition coefficient (Wildman–Crippen LogP) is 3.06. The van der Waals surface area contributed by atoms with E-state index in [1.807, 2.05) is 39.0 Å². The number of hydrogen-bond acceptors (Lipinski definition) is 1. The second kappa shape index (κ2) is 5.78. The van der Waals surface area contributed by atoms with Crippen LogP contribution in [0.5, 0.6) is 0 Å². The van der Waals surface area contributed by atoms with E-state index in [1.54, 1.807) is 6.08 Å². The SMILES string of the molecule is C=C/C=C(\C=C/C)OC(C)C. The first-order valence-electron chi connectivity index (χ1n) is 3.82. The average Bonchev–Trinajstić information content (AvgIpc) is 1.87. The third-order valence-electron chi connectivity index (χ3n) is 0.985. The zero-order valence-electron chi connectivity index (χ0n) is 7.50.